The van der Waals surface area contributed by atoms with E-state index in [9.17, 15) is 0 Å². The highest BCUT2D eigenvalue weighted by molar-refractivity contribution is 5.83. The van der Waals surface area contributed by atoms with E-state index >= 15 is 0 Å². The molecular weight excluding hydrogens is 194 g/mol. The molecule has 1 aromatic carbocycles. The fourth-order valence-corrected chi connectivity index (χ4v) is 2.39. The molecule has 1 heterocycles. The Kier molecular flexibility index (Phi) is 2.17. The van der Waals surface area contributed by atoms with Gasteiger partial charge >= 0.3 is 0 Å². The minimum Gasteiger partial charge on any atom is -0.351 e. The average molecular weight is 209 g/mol. The highest BCUT2D eigenvalue weighted by Gasteiger charge is 2.13. The number of allylic oxidation sites excluding steroid dienone is 1. The van der Waals surface area contributed by atoms with Gasteiger partial charge in [0.2, 0.25) is 0 Å². The molecule has 0 fully saturated rings. The molecule has 0 bridgehead atoms. The lowest BCUT2D eigenvalue weighted by molar-refractivity contribution is 0.889. The van der Waals surface area contributed by atoms with E-state index in [1.54, 1.807) is 0 Å². The van der Waals surface area contributed by atoms with Crippen LogP contribution in [0, 0.1) is 0 Å². The third-order valence-corrected chi connectivity index (χ3v) is 3.33. The number of rotatable bonds is 1. The van der Waals surface area contributed by atoms with E-state index in [4.69, 9.17) is 0 Å². The lowest BCUT2D eigenvalue weighted by Crippen LogP contribution is -2.00. The first-order chi connectivity index (χ1) is 7.84. The van der Waals surface area contributed by atoms with Crippen LogP contribution in [0.4, 0.5) is 0 Å². The van der Waals surface area contributed by atoms with Crippen molar-refractivity contribution in [3.63, 3.8) is 0 Å². The molecule has 0 N–H and O–H groups in total. The highest BCUT2D eigenvalue weighted by Crippen LogP contribution is 2.30. The van der Waals surface area contributed by atoms with Gasteiger partial charge in [-0.25, -0.2) is 0 Å². The molecule has 2 aromatic rings. The summed E-state index contributed by atoms with van der Waals surface area (Å²) >= 11 is 0. The van der Waals surface area contributed by atoms with E-state index in [1.807, 2.05) is 0 Å². The molecule has 1 aliphatic rings. The second-order valence-corrected chi connectivity index (χ2v) is 4.37. The Morgan fingerprint density at radius 2 is 1.81 bits per heavy atom. The third kappa shape index (κ3) is 1.49. The number of fused-ring (bicyclic) bond motifs is 1. The molecule has 0 aliphatic heterocycles. The number of benzene rings is 1. The number of nitrogens with zero attached hydrogens (tertiary/aromatic N) is 1. The van der Waals surface area contributed by atoms with E-state index in [2.05, 4.69) is 60.3 Å². The molecule has 0 unspecified atom stereocenters. The molecule has 0 atom stereocenters. The van der Waals surface area contributed by atoms with Gasteiger partial charge in [-0.1, -0.05) is 30.3 Å². The van der Waals surface area contributed by atoms with Gasteiger partial charge in [-0.05, 0) is 41.7 Å². The second-order valence-electron chi connectivity index (χ2n) is 4.37. The van der Waals surface area contributed by atoms with Crippen molar-refractivity contribution in [2.75, 3.05) is 0 Å². The maximum Gasteiger partial charge on any atom is 0.0439 e. The SMILES string of the molecule is Cn1ccc2c1C=C(c1ccccc1)CC2. The van der Waals surface area contributed by atoms with Gasteiger partial charge < -0.3 is 4.57 Å². The van der Waals surface area contributed by atoms with Crippen molar-refractivity contribution in [1.82, 2.24) is 4.57 Å². The number of aryl methyl sites for hydroxylation is 2. The molecule has 1 aromatic heterocycles. The van der Waals surface area contributed by atoms with Crippen molar-refractivity contribution >= 4 is 11.6 Å². The van der Waals surface area contributed by atoms with Crippen LogP contribution < -0.4 is 0 Å². The summed E-state index contributed by atoms with van der Waals surface area (Å²) in [5, 5.41) is 0. The summed E-state index contributed by atoms with van der Waals surface area (Å²) in [4.78, 5) is 0. The zero-order valence-corrected chi connectivity index (χ0v) is 9.48. The van der Waals surface area contributed by atoms with Gasteiger partial charge in [0.15, 0.2) is 0 Å². The Hall–Kier alpha value is -1.76. The third-order valence-electron chi connectivity index (χ3n) is 3.33. The minimum absolute atomic E-state index is 1.15. The van der Waals surface area contributed by atoms with Gasteiger partial charge in [0, 0.05) is 18.9 Å². The van der Waals surface area contributed by atoms with E-state index in [0.717, 1.165) is 12.8 Å². The van der Waals surface area contributed by atoms with Crippen LogP contribution in [0.1, 0.15) is 23.2 Å². The molecule has 0 amide bonds. The Bertz CT molecular complexity index is 532. The quantitative estimate of drug-likeness (QED) is 0.677. The lowest BCUT2D eigenvalue weighted by atomic mass is 9.92. The van der Waals surface area contributed by atoms with E-state index in [1.165, 1.54) is 22.4 Å². The van der Waals surface area contributed by atoms with Crippen molar-refractivity contribution < 1.29 is 0 Å². The summed E-state index contributed by atoms with van der Waals surface area (Å²) in [6.45, 7) is 0. The summed E-state index contributed by atoms with van der Waals surface area (Å²) in [6, 6.07) is 12.9. The van der Waals surface area contributed by atoms with Crippen molar-refractivity contribution in [3.05, 3.63) is 59.4 Å². The van der Waals surface area contributed by atoms with Gasteiger partial charge in [-0.15, -0.1) is 0 Å². The fourth-order valence-electron chi connectivity index (χ4n) is 2.39. The monoisotopic (exact) mass is 209 g/mol. The lowest BCUT2D eigenvalue weighted by Gasteiger charge is -2.15. The largest absolute Gasteiger partial charge is 0.351 e. The standard InChI is InChI=1S/C15H15N/c1-16-10-9-13-7-8-14(11-15(13)16)12-5-3-2-4-6-12/h2-6,9-11H,7-8H2,1H3. The van der Waals surface area contributed by atoms with Crippen LogP contribution in [-0.2, 0) is 13.5 Å². The number of hydrogen-bond donors (Lipinski definition) is 0. The van der Waals surface area contributed by atoms with Crippen LogP contribution >= 0.6 is 0 Å². The summed E-state index contributed by atoms with van der Waals surface area (Å²) < 4.78 is 2.21. The van der Waals surface area contributed by atoms with Gasteiger partial charge in [0.1, 0.15) is 0 Å². The van der Waals surface area contributed by atoms with Crippen molar-refractivity contribution in [2.45, 2.75) is 12.8 Å². The normalized spacial score (nSPS) is 14.4. The maximum absolute atomic E-state index is 2.33. The Labute approximate surface area is 96.0 Å². The Morgan fingerprint density at radius 1 is 1.00 bits per heavy atom. The topological polar surface area (TPSA) is 4.93 Å². The Morgan fingerprint density at radius 3 is 2.62 bits per heavy atom. The summed E-state index contributed by atoms with van der Waals surface area (Å²) in [6.07, 6.45) is 6.79. The van der Waals surface area contributed by atoms with E-state index in [0.29, 0.717) is 0 Å². The number of aromatic nitrogens is 1. The molecule has 0 saturated heterocycles. The van der Waals surface area contributed by atoms with E-state index in [-0.39, 0.29) is 0 Å². The molecule has 0 radical (unpaired) electrons. The average Bonchev–Trinajstić information content (AvgIpc) is 2.72. The predicted molar refractivity (Wildman–Crippen MR) is 68.0 cm³/mol. The molecule has 3 rings (SSSR count). The van der Waals surface area contributed by atoms with Crippen LogP contribution in [0.2, 0.25) is 0 Å². The number of hydrogen-bond acceptors (Lipinski definition) is 0. The first-order valence-corrected chi connectivity index (χ1v) is 5.75. The van der Waals surface area contributed by atoms with Crippen LogP contribution in [-0.4, -0.2) is 4.57 Å². The molecule has 0 spiro atoms. The zero-order chi connectivity index (χ0) is 11.0. The summed E-state index contributed by atoms with van der Waals surface area (Å²) in [5.74, 6) is 0. The molecular formula is C15H15N. The molecule has 80 valence electrons. The smallest absolute Gasteiger partial charge is 0.0439 e. The van der Waals surface area contributed by atoms with Crippen LogP contribution in [0.25, 0.3) is 11.6 Å². The van der Waals surface area contributed by atoms with Crippen molar-refractivity contribution in [2.24, 2.45) is 7.05 Å². The molecule has 16 heavy (non-hydrogen) atoms. The summed E-state index contributed by atoms with van der Waals surface area (Å²) in [5.41, 5.74) is 5.65. The molecule has 1 nitrogen and oxygen atoms in total. The summed E-state index contributed by atoms with van der Waals surface area (Å²) in [7, 11) is 2.11. The second kappa shape index (κ2) is 3.67. The Balaban J connectivity index is 2.07. The van der Waals surface area contributed by atoms with Crippen LogP contribution in [0.15, 0.2) is 42.6 Å². The molecule has 0 saturated carbocycles. The highest BCUT2D eigenvalue weighted by atomic mass is 14.9. The van der Waals surface area contributed by atoms with E-state index < -0.39 is 0 Å². The van der Waals surface area contributed by atoms with Gasteiger partial charge in [-0.2, -0.15) is 0 Å². The van der Waals surface area contributed by atoms with Gasteiger partial charge in [0.05, 0.1) is 0 Å². The fraction of sp³-hybridized carbons (Fsp3) is 0.200. The van der Waals surface area contributed by atoms with Crippen molar-refractivity contribution in [3.8, 4) is 0 Å². The van der Waals surface area contributed by atoms with Crippen LogP contribution in [0.5, 0.6) is 0 Å². The predicted octanol–water partition coefficient (Wildman–Crippen LogP) is 3.51. The molecule has 1 aliphatic carbocycles. The maximum atomic E-state index is 2.33. The molecule has 1 heteroatoms. The van der Waals surface area contributed by atoms with Gasteiger partial charge in [-0.3, -0.25) is 0 Å². The van der Waals surface area contributed by atoms with Crippen molar-refractivity contribution in [1.29, 1.82) is 0 Å². The minimum atomic E-state index is 1.15. The van der Waals surface area contributed by atoms with Crippen LogP contribution in [0.3, 0.4) is 0 Å². The zero-order valence-electron chi connectivity index (χ0n) is 9.48. The van der Waals surface area contributed by atoms with Gasteiger partial charge in [0.25, 0.3) is 0 Å². The first-order valence-electron chi connectivity index (χ1n) is 5.75. The first kappa shape index (κ1) is 9.46.